The van der Waals surface area contributed by atoms with E-state index in [1.165, 1.54) is 44.1 Å². The molecule has 4 rings (SSSR count). The van der Waals surface area contributed by atoms with Crippen LogP contribution < -0.4 is 0 Å². The molecule has 0 unspecified atom stereocenters. The maximum absolute atomic E-state index is 6.14. The number of benzene rings is 1. The van der Waals surface area contributed by atoms with Crippen LogP contribution in [0.5, 0.6) is 0 Å². The topological polar surface area (TPSA) is 27.7 Å². The van der Waals surface area contributed by atoms with Crippen molar-refractivity contribution in [1.82, 2.24) is 0 Å². The highest BCUT2D eigenvalue weighted by Crippen LogP contribution is 2.44. The SMILES string of the molecule is c1ccc(COC2CCC(C3CCC4(CC3)OCCO4)CC2)cc1. The van der Waals surface area contributed by atoms with Gasteiger partial charge in [-0.15, -0.1) is 0 Å². The summed E-state index contributed by atoms with van der Waals surface area (Å²) in [6.07, 6.45) is 10.3. The fourth-order valence-corrected chi connectivity index (χ4v) is 4.85. The zero-order valence-electron chi connectivity index (χ0n) is 14.6. The van der Waals surface area contributed by atoms with Gasteiger partial charge in [-0.1, -0.05) is 30.3 Å². The van der Waals surface area contributed by atoms with Gasteiger partial charge in [-0.05, 0) is 55.9 Å². The fraction of sp³-hybridized carbons (Fsp3) is 0.714. The van der Waals surface area contributed by atoms with Crippen LogP contribution in [0.25, 0.3) is 0 Å². The van der Waals surface area contributed by atoms with E-state index in [9.17, 15) is 0 Å². The molecule has 0 bridgehead atoms. The van der Waals surface area contributed by atoms with Gasteiger partial charge in [0, 0.05) is 12.8 Å². The van der Waals surface area contributed by atoms with Crippen molar-refractivity contribution in [2.24, 2.45) is 11.8 Å². The van der Waals surface area contributed by atoms with Crippen LogP contribution in [-0.2, 0) is 20.8 Å². The normalized spacial score (nSPS) is 30.7. The Kier molecular flexibility index (Phi) is 5.21. The van der Waals surface area contributed by atoms with E-state index < -0.39 is 0 Å². The fourth-order valence-electron chi connectivity index (χ4n) is 4.85. The molecule has 3 heteroatoms. The highest BCUT2D eigenvalue weighted by molar-refractivity contribution is 5.13. The van der Waals surface area contributed by atoms with Crippen molar-refractivity contribution in [2.45, 2.75) is 69.9 Å². The maximum atomic E-state index is 6.14. The van der Waals surface area contributed by atoms with E-state index in [0.29, 0.717) is 6.10 Å². The molecule has 0 aromatic heterocycles. The second-order valence-electron chi connectivity index (χ2n) is 7.78. The molecule has 1 aromatic carbocycles. The molecule has 2 saturated carbocycles. The Hall–Kier alpha value is -0.900. The van der Waals surface area contributed by atoms with Crippen LogP contribution in [0.2, 0.25) is 0 Å². The van der Waals surface area contributed by atoms with Crippen molar-refractivity contribution in [3.8, 4) is 0 Å². The molecule has 3 nitrogen and oxygen atoms in total. The summed E-state index contributed by atoms with van der Waals surface area (Å²) in [6, 6.07) is 10.5. The molecule has 2 aliphatic carbocycles. The zero-order chi connectivity index (χ0) is 16.2. The lowest BCUT2D eigenvalue weighted by atomic mass is 9.71. The molecule has 24 heavy (non-hydrogen) atoms. The first kappa shape index (κ1) is 16.6. The Morgan fingerprint density at radius 3 is 2.12 bits per heavy atom. The molecule has 3 aliphatic rings. The predicted octanol–water partition coefficient (Wildman–Crippen LogP) is 4.70. The number of hydrogen-bond donors (Lipinski definition) is 0. The smallest absolute Gasteiger partial charge is 0.168 e. The minimum absolute atomic E-state index is 0.202. The highest BCUT2D eigenvalue weighted by Gasteiger charge is 2.42. The summed E-state index contributed by atoms with van der Waals surface area (Å²) >= 11 is 0. The first-order valence-electron chi connectivity index (χ1n) is 9.76. The van der Waals surface area contributed by atoms with Gasteiger partial charge < -0.3 is 14.2 Å². The van der Waals surface area contributed by atoms with Gasteiger partial charge in [0.2, 0.25) is 0 Å². The van der Waals surface area contributed by atoms with E-state index in [0.717, 1.165) is 44.5 Å². The van der Waals surface area contributed by atoms with E-state index in [2.05, 4.69) is 30.3 Å². The largest absolute Gasteiger partial charge is 0.374 e. The summed E-state index contributed by atoms with van der Waals surface area (Å²) in [4.78, 5) is 0. The molecular formula is C21H30O3. The van der Waals surface area contributed by atoms with Gasteiger partial charge in [0.25, 0.3) is 0 Å². The molecule has 1 spiro atoms. The van der Waals surface area contributed by atoms with Crippen LogP contribution in [0.3, 0.4) is 0 Å². The standard InChI is InChI=1S/C21H30O3/c1-2-4-17(5-3-1)16-22-20-8-6-18(7-9-20)19-10-12-21(13-11-19)23-14-15-24-21/h1-5,18-20H,6-16H2. The molecule has 0 radical (unpaired) electrons. The lowest BCUT2D eigenvalue weighted by Crippen LogP contribution is -2.38. The number of ether oxygens (including phenoxy) is 3. The molecule has 0 atom stereocenters. The molecule has 1 saturated heterocycles. The molecule has 1 heterocycles. The maximum Gasteiger partial charge on any atom is 0.168 e. The minimum Gasteiger partial charge on any atom is -0.374 e. The van der Waals surface area contributed by atoms with Gasteiger partial charge in [-0.2, -0.15) is 0 Å². The van der Waals surface area contributed by atoms with E-state index in [-0.39, 0.29) is 5.79 Å². The summed E-state index contributed by atoms with van der Waals surface area (Å²) in [5.74, 6) is 1.56. The lowest BCUT2D eigenvalue weighted by molar-refractivity contribution is -0.185. The third kappa shape index (κ3) is 3.84. The molecule has 1 aromatic rings. The number of rotatable bonds is 4. The van der Waals surface area contributed by atoms with E-state index >= 15 is 0 Å². The van der Waals surface area contributed by atoms with Crippen LogP contribution in [0.1, 0.15) is 56.9 Å². The molecule has 3 fully saturated rings. The summed E-state index contributed by atoms with van der Waals surface area (Å²) in [5, 5.41) is 0. The van der Waals surface area contributed by atoms with Crippen molar-refractivity contribution < 1.29 is 14.2 Å². The summed E-state index contributed by atoms with van der Waals surface area (Å²) in [5.41, 5.74) is 1.29. The number of hydrogen-bond acceptors (Lipinski definition) is 3. The van der Waals surface area contributed by atoms with Gasteiger partial charge in [0.15, 0.2) is 5.79 Å². The quantitative estimate of drug-likeness (QED) is 0.801. The van der Waals surface area contributed by atoms with Gasteiger partial charge in [-0.3, -0.25) is 0 Å². The van der Waals surface area contributed by atoms with E-state index in [1.54, 1.807) is 0 Å². The summed E-state index contributed by atoms with van der Waals surface area (Å²) < 4.78 is 17.9. The third-order valence-electron chi connectivity index (χ3n) is 6.32. The first-order valence-corrected chi connectivity index (χ1v) is 9.76. The minimum atomic E-state index is -0.202. The van der Waals surface area contributed by atoms with Crippen molar-refractivity contribution in [2.75, 3.05) is 13.2 Å². The molecule has 132 valence electrons. The Morgan fingerprint density at radius 2 is 1.46 bits per heavy atom. The predicted molar refractivity (Wildman–Crippen MR) is 93.6 cm³/mol. The second kappa shape index (κ2) is 7.55. The van der Waals surface area contributed by atoms with Crippen molar-refractivity contribution >= 4 is 0 Å². The van der Waals surface area contributed by atoms with Crippen LogP contribution in [0, 0.1) is 11.8 Å². The van der Waals surface area contributed by atoms with Crippen LogP contribution in [-0.4, -0.2) is 25.1 Å². The molecular weight excluding hydrogens is 300 g/mol. The van der Waals surface area contributed by atoms with Crippen LogP contribution in [0.15, 0.2) is 30.3 Å². The van der Waals surface area contributed by atoms with Crippen molar-refractivity contribution in [3.63, 3.8) is 0 Å². The Morgan fingerprint density at radius 1 is 0.833 bits per heavy atom. The first-order chi connectivity index (χ1) is 11.8. The molecule has 0 amide bonds. The highest BCUT2D eigenvalue weighted by atomic mass is 16.7. The summed E-state index contributed by atoms with van der Waals surface area (Å²) in [6.45, 7) is 2.33. The van der Waals surface area contributed by atoms with E-state index in [4.69, 9.17) is 14.2 Å². The lowest BCUT2D eigenvalue weighted by Gasteiger charge is -2.40. The molecule has 1 aliphatic heterocycles. The Balaban J connectivity index is 1.19. The van der Waals surface area contributed by atoms with Gasteiger partial charge >= 0.3 is 0 Å². The molecule has 0 N–H and O–H groups in total. The Bertz CT molecular complexity index is 491. The zero-order valence-corrected chi connectivity index (χ0v) is 14.6. The third-order valence-corrected chi connectivity index (χ3v) is 6.32. The van der Waals surface area contributed by atoms with Crippen LogP contribution >= 0.6 is 0 Å². The summed E-state index contributed by atoms with van der Waals surface area (Å²) in [7, 11) is 0. The van der Waals surface area contributed by atoms with Crippen molar-refractivity contribution in [3.05, 3.63) is 35.9 Å². The van der Waals surface area contributed by atoms with Gasteiger partial charge in [-0.25, -0.2) is 0 Å². The van der Waals surface area contributed by atoms with E-state index in [1.807, 2.05) is 0 Å². The van der Waals surface area contributed by atoms with Crippen molar-refractivity contribution in [1.29, 1.82) is 0 Å². The monoisotopic (exact) mass is 330 g/mol. The van der Waals surface area contributed by atoms with Gasteiger partial charge in [0.1, 0.15) is 0 Å². The Labute approximate surface area is 145 Å². The van der Waals surface area contributed by atoms with Gasteiger partial charge in [0.05, 0.1) is 25.9 Å². The average Bonchev–Trinajstić information content (AvgIpc) is 3.10. The van der Waals surface area contributed by atoms with Crippen LogP contribution in [0.4, 0.5) is 0 Å². The average molecular weight is 330 g/mol. The second-order valence-corrected chi connectivity index (χ2v) is 7.78.